The highest BCUT2D eigenvalue weighted by Gasteiger charge is 2.15. The van der Waals surface area contributed by atoms with Gasteiger partial charge in [0.15, 0.2) is 0 Å². The summed E-state index contributed by atoms with van der Waals surface area (Å²) in [6, 6.07) is 8.63. The quantitative estimate of drug-likeness (QED) is 0.907. The summed E-state index contributed by atoms with van der Waals surface area (Å²) in [5.74, 6) is 0.860. The first-order valence-electron chi connectivity index (χ1n) is 7.82. The summed E-state index contributed by atoms with van der Waals surface area (Å²) < 4.78 is 0. The smallest absolute Gasteiger partial charge is 0.226 e. The molecule has 1 heterocycles. The van der Waals surface area contributed by atoms with E-state index in [-0.39, 0.29) is 18.3 Å². The molecule has 21 heavy (non-hydrogen) atoms. The molecule has 1 amide bonds. The molecule has 4 heteroatoms. The summed E-state index contributed by atoms with van der Waals surface area (Å²) in [5.41, 5.74) is 2.52. The van der Waals surface area contributed by atoms with E-state index in [4.69, 9.17) is 0 Å². The minimum atomic E-state index is 0. The lowest BCUT2D eigenvalue weighted by Gasteiger charge is -2.23. The molecule has 118 valence electrons. The SMILES string of the molecule is CCN(CC)C(=O)Cc1ccc(C2CCCNC2)cc1.Cl. The molecule has 1 unspecified atom stereocenters. The second-order valence-corrected chi connectivity index (χ2v) is 5.53. The van der Waals surface area contributed by atoms with Crippen LogP contribution in [0, 0.1) is 0 Å². The van der Waals surface area contributed by atoms with Crippen LogP contribution in [0.5, 0.6) is 0 Å². The van der Waals surface area contributed by atoms with Gasteiger partial charge in [-0.15, -0.1) is 12.4 Å². The zero-order valence-electron chi connectivity index (χ0n) is 13.1. The van der Waals surface area contributed by atoms with E-state index in [0.717, 1.165) is 31.7 Å². The monoisotopic (exact) mass is 310 g/mol. The summed E-state index contributed by atoms with van der Waals surface area (Å²) in [4.78, 5) is 14.0. The number of nitrogens with zero attached hydrogens (tertiary/aromatic N) is 1. The molecule has 0 aromatic heterocycles. The van der Waals surface area contributed by atoms with Gasteiger partial charge in [-0.05, 0) is 50.3 Å². The predicted octanol–water partition coefficient (Wildman–Crippen LogP) is 2.99. The van der Waals surface area contributed by atoms with E-state index in [9.17, 15) is 4.79 Å². The molecule has 1 N–H and O–H groups in total. The lowest BCUT2D eigenvalue weighted by molar-refractivity contribution is -0.130. The van der Waals surface area contributed by atoms with Crippen molar-refractivity contribution in [3.8, 4) is 0 Å². The van der Waals surface area contributed by atoms with Gasteiger partial charge in [-0.1, -0.05) is 24.3 Å². The Balaban J connectivity index is 0.00000220. The van der Waals surface area contributed by atoms with Crippen LogP contribution in [-0.4, -0.2) is 37.0 Å². The van der Waals surface area contributed by atoms with Gasteiger partial charge in [0.05, 0.1) is 6.42 Å². The molecule has 0 aliphatic carbocycles. The van der Waals surface area contributed by atoms with Gasteiger partial charge in [-0.3, -0.25) is 4.79 Å². The van der Waals surface area contributed by atoms with Crippen molar-refractivity contribution < 1.29 is 4.79 Å². The van der Waals surface area contributed by atoms with Gasteiger partial charge in [0.2, 0.25) is 5.91 Å². The van der Waals surface area contributed by atoms with Crippen molar-refractivity contribution in [1.29, 1.82) is 0 Å². The lowest BCUT2D eigenvalue weighted by Crippen LogP contribution is -2.31. The summed E-state index contributed by atoms with van der Waals surface area (Å²) in [6.07, 6.45) is 3.04. The number of piperidine rings is 1. The van der Waals surface area contributed by atoms with Gasteiger partial charge < -0.3 is 10.2 Å². The molecular formula is C17H27ClN2O. The van der Waals surface area contributed by atoms with E-state index in [2.05, 4.69) is 29.6 Å². The topological polar surface area (TPSA) is 32.3 Å². The summed E-state index contributed by atoms with van der Waals surface area (Å²) >= 11 is 0. The highest BCUT2D eigenvalue weighted by atomic mass is 35.5. The fraction of sp³-hybridized carbons (Fsp3) is 0.588. The lowest BCUT2D eigenvalue weighted by atomic mass is 9.91. The van der Waals surface area contributed by atoms with Gasteiger partial charge in [-0.2, -0.15) is 0 Å². The Morgan fingerprint density at radius 3 is 2.43 bits per heavy atom. The largest absolute Gasteiger partial charge is 0.343 e. The Bertz CT molecular complexity index is 423. The molecule has 1 fully saturated rings. The Kier molecular flexibility index (Phi) is 7.76. The minimum Gasteiger partial charge on any atom is -0.343 e. The van der Waals surface area contributed by atoms with Crippen LogP contribution in [0.25, 0.3) is 0 Å². The maximum absolute atomic E-state index is 12.1. The maximum atomic E-state index is 12.1. The average Bonchev–Trinajstić information content (AvgIpc) is 2.50. The minimum absolute atomic E-state index is 0. The molecule has 1 saturated heterocycles. The third-order valence-electron chi connectivity index (χ3n) is 4.22. The van der Waals surface area contributed by atoms with Crippen LogP contribution in [0.3, 0.4) is 0 Å². The molecule has 1 aromatic rings. The molecule has 0 spiro atoms. The van der Waals surface area contributed by atoms with Crippen molar-refractivity contribution in [2.45, 2.75) is 39.0 Å². The number of halogens is 1. The number of hydrogen-bond acceptors (Lipinski definition) is 2. The standard InChI is InChI=1S/C17H26N2O.ClH/c1-3-19(4-2)17(20)12-14-7-9-15(10-8-14)16-6-5-11-18-13-16;/h7-10,16,18H,3-6,11-13H2,1-2H3;1H. The first-order valence-corrected chi connectivity index (χ1v) is 7.82. The summed E-state index contributed by atoms with van der Waals surface area (Å²) in [5, 5.41) is 3.45. The maximum Gasteiger partial charge on any atom is 0.226 e. The van der Waals surface area contributed by atoms with Gasteiger partial charge in [-0.25, -0.2) is 0 Å². The Labute approximate surface area is 134 Å². The molecule has 1 atom stereocenters. The summed E-state index contributed by atoms with van der Waals surface area (Å²) in [7, 11) is 0. The van der Waals surface area contributed by atoms with E-state index < -0.39 is 0 Å². The Morgan fingerprint density at radius 2 is 1.90 bits per heavy atom. The van der Waals surface area contributed by atoms with Gasteiger partial charge in [0.1, 0.15) is 0 Å². The number of carbonyl (C=O) groups excluding carboxylic acids is 1. The molecule has 0 bridgehead atoms. The van der Waals surface area contributed by atoms with Crippen LogP contribution >= 0.6 is 12.4 Å². The second kappa shape index (κ2) is 9.06. The second-order valence-electron chi connectivity index (χ2n) is 5.53. The molecule has 1 aromatic carbocycles. The van der Waals surface area contributed by atoms with Crippen molar-refractivity contribution in [1.82, 2.24) is 10.2 Å². The number of hydrogen-bond donors (Lipinski definition) is 1. The highest BCUT2D eigenvalue weighted by molar-refractivity contribution is 5.85. The van der Waals surface area contributed by atoms with E-state index in [1.807, 2.05) is 18.7 Å². The van der Waals surface area contributed by atoms with Crippen molar-refractivity contribution >= 4 is 18.3 Å². The van der Waals surface area contributed by atoms with Crippen LogP contribution < -0.4 is 5.32 Å². The third-order valence-corrected chi connectivity index (χ3v) is 4.22. The van der Waals surface area contributed by atoms with E-state index >= 15 is 0 Å². The number of nitrogens with one attached hydrogen (secondary N) is 1. The van der Waals surface area contributed by atoms with Gasteiger partial charge in [0.25, 0.3) is 0 Å². The molecule has 1 aliphatic heterocycles. The molecule has 3 nitrogen and oxygen atoms in total. The van der Waals surface area contributed by atoms with Crippen molar-refractivity contribution in [2.24, 2.45) is 0 Å². The normalized spacial score (nSPS) is 17.9. The number of carbonyl (C=O) groups is 1. The number of amides is 1. The molecule has 1 aliphatic rings. The Hall–Kier alpha value is -1.06. The first kappa shape index (κ1) is 18.0. The predicted molar refractivity (Wildman–Crippen MR) is 90.2 cm³/mol. The molecule has 0 saturated carbocycles. The van der Waals surface area contributed by atoms with Crippen molar-refractivity contribution in [2.75, 3.05) is 26.2 Å². The fourth-order valence-electron chi connectivity index (χ4n) is 2.91. The number of rotatable bonds is 5. The number of benzene rings is 1. The van der Waals surface area contributed by atoms with E-state index in [1.54, 1.807) is 0 Å². The van der Waals surface area contributed by atoms with Gasteiger partial charge >= 0.3 is 0 Å². The van der Waals surface area contributed by atoms with Crippen LogP contribution in [0.15, 0.2) is 24.3 Å². The highest BCUT2D eigenvalue weighted by Crippen LogP contribution is 2.23. The average molecular weight is 311 g/mol. The summed E-state index contributed by atoms with van der Waals surface area (Å²) in [6.45, 7) is 7.87. The molecular weight excluding hydrogens is 284 g/mol. The van der Waals surface area contributed by atoms with Crippen molar-refractivity contribution in [3.63, 3.8) is 0 Å². The third kappa shape index (κ3) is 5.01. The molecule has 0 radical (unpaired) electrons. The number of likely N-dealkylation sites (N-methyl/N-ethyl adjacent to an activating group) is 1. The molecule has 2 rings (SSSR count). The van der Waals surface area contributed by atoms with E-state index in [1.165, 1.54) is 18.4 Å². The fourth-order valence-corrected chi connectivity index (χ4v) is 2.91. The van der Waals surface area contributed by atoms with Crippen LogP contribution in [0.1, 0.15) is 43.7 Å². The zero-order chi connectivity index (χ0) is 14.4. The van der Waals surface area contributed by atoms with Crippen molar-refractivity contribution in [3.05, 3.63) is 35.4 Å². The van der Waals surface area contributed by atoms with Crippen LogP contribution in [-0.2, 0) is 11.2 Å². The Morgan fingerprint density at radius 1 is 1.24 bits per heavy atom. The van der Waals surface area contributed by atoms with Crippen LogP contribution in [0.4, 0.5) is 0 Å². The van der Waals surface area contributed by atoms with Gasteiger partial charge in [0, 0.05) is 19.6 Å². The first-order chi connectivity index (χ1) is 9.74. The zero-order valence-corrected chi connectivity index (χ0v) is 13.9. The van der Waals surface area contributed by atoms with Crippen LogP contribution in [0.2, 0.25) is 0 Å². The van der Waals surface area contributed by atoms with E-state index in [0.29, 0.717) is 12.3 Å².